The number of unbranched alkanes of at least 4 members (excludes halogenated alkanes) is 8. The summed E-state index contributed by atoms with van der Waals surface area (Å²) in [5.74, 6) is -0.0910. The molecule has 1 fully saturated rings. The first-order valence-corrected chi connectivity index (χ1v) is 47.5. The van der Waals surface area contributed by atoms with Crippen molar-refractivity contribution in [1.29, 1.82) is 0 Å². The number of esters is 4. The quantitative estimate of drug-likeness (QED) is 0.00286. The van der Waals surface area contributed by atoms with Crippen molar-refractivity contribution in [2.24, 2.45) is 39.9 Å². The minimum atomic E-state index is -4.27. The Bertz CT molecular complexity index is 3900. The monoisotopic (exact) mass is 2130 g/mol. The van der Waals surface area contributed by atoms with Crippen LogP contribution in [0.2, 0.25) is 0 Å². The molecule has 1 saturated heterocycles. The molecule has 0 amide bonds. The Kier molecular flexibility index (Phi) is 66.1. The first kappa shape index (κ1) is 121. The molecule has 3 aromatic rings. The smallest absolute Gasteiger partial charge is 0.870 e. The van der Waals surface area contributed by atoms with Gasteiger partial charge in [-0.05, 0) is 269 Å². The van der Waals surface area contributed by atoms with Gasteiger partial charge in [0.1, 0.15) is 35.2 Å². The van der Waals surface area contributed by atoms with Gasteiger partial charge in [0.25, 0.3) is 10.1 Å². The number of Topliss-reactive ketones (excluding diaryl/α,β-unsaturated/α-hetero) is 3. The maximum Gasteiger partial charge on any atom is 1.00 e. The fraction of sp³-hybridized carbons (Fsp3) is 0.643. The summed E-state index contributed by atoms with van der Waals surface area (Å²) in [6.07, 6.45) is 16.3. The number of nitrogen functional groups attached to an aromatic ring is 1. The van der Waals surface area contributed by atoms with Crippen LogP contribution in [0.3, 0.4) is 0 Å². The van der Waals surface area contributed by atoms with Crippen LogP contribution >= 0.6 is 83.7 Å². The molecule has 7 N–H and O–H groups in total. The Hall–Kier alpha value is -4.49. The zero-order chi connectivity index (χ0) is 89.9. The first-order chi connectivity index (χ1) is 54.8. The molecule has 672 valence electrons. The van der Waals surface area contributed by atoms with E-state index < -0.39 is 89.8 Å². The van der Waals surface area contributed by atoms with Gasteiger partial charge >= 0.3 is 71.3 Å². The number of halogens is 4. The van der Waals surface area contributed by atoms with E-state index in [1.807, 2.05) is 108 Å². The molecule has 3 heterocycles. The molecule has 3 aromatic carbocycles. The molecule has 0 aromatic heterocycles. The summed E-state index contributed by atoms with van der Waals surface area (Å²) in [6.45, 7) is 30.7. The molecule has 35 heteroatoms. The molecule has 3 aliphatic heterocycles. The second kappa shape index (κ2) is 65.1. The number of benzene rings is 3. The van der Waals surface area contributed by atoms with E-state index in [2.05, 4.69) is 116 Å². The zero-order valence-electron chi connectivity index (χ0n) is 72.8. The van der Waals surface area contributed by atoms with E-state index in [9.17, 15) is 79.5 Å². The van der Waals surface area contributed by atoms with Gasteiger partial charge in [0, 0.05) is 88.8 Å². The largest absolute Gasteiger partial charge is 1.00 e. The molecule has 28 nitrogen and oxygen atoms in total. The molecule has 0 bridgehead atoms. The van der Waals surface area contributed by atoms with Gasteiger partial charge in [-0.3, -0.25) is 63.0 Å². The maximum absolute atomic E-state index is 12.1. The van der Waals surface area contributed by atoms with Crippen LogP contribution < -0.4 is 40.8 Å². The Morgan fingerprint density at radius 3 is 1.55 bits per heavy atom. The molecule has 6 rings (SSSR count). The number of aliphatic imine (C=N–C) groups is 1. The predicted octanol–water partition coefficient (Wildman–Crippen LogP) is 14.4. The third-order valence-electron chi connectivity index (χ3n) is 20.0. The van der Waals surface area contributed by atoms with E-state index in [0.717, 1.165) is 129 Å². The summed E-state index contributed by atoms with van der Waals surface area (Å²) in [4.78, 5) is 116. The molecule has 119 heavy (non-hydrogen) atoms. The number of alkyl halides is 1. The first-order valence-electron chi connectivity index (χ1n) is 40.0. The summed E-state index contributed by atoms with van der Waals surface area (Å²) in [6, 6.07) is 19.9. The van der Waals surface area contributed by atoms with Crippen LogP contribution in [-0.2, 0) is 102 Å². The number of nitrogens with one attached hydrogen (secondary N) is 1. The Morgan fingerprint density at radius 1 is 0.655 bits per heavy atom. The predicted molar refractivity (Wildman–Crippen MR) is 486 cm³/mol. The average molecular weight is 2130 g/mol. The molecular weight excluding hydrogens is 2000 g/mol. The van der Waals surface area contributed by atoms with Crippen molar-refractivity contribution >= 4 is 192 Å². The van der Waals surface area contributed by atoms with Gasteiger partial charge in [0.15, 0.2) is 5.71 Å². The summed E-state index contributed by atoms with van der Waals surface area (Å²) in [7, 11) is -7.32. The third-order valence-corrected chi connectivity index (χ3v) is 24.7. The minimum Gasteiger partial charge on any atom is -0.870 e. The number of hydrazine groups is 1. The van der Waals surface area contributed by atoms with Crippen LogP contribution in [0.5, 0.6) is 0 Å². The molecule has 7 unspecified atom stereocenters. The van der Waals surface area contributed by atoms with Gasteiger partial charge < -0.3 is 49.7 Å². The molecular formula is C84H131BrI3N4NaO24S2. The number of hydrogen-bond acceptors (Lipinski definition) is 24. The molecule has 0 radical (unpaired) electrons. The van der Waals surface area contributed by atoms with Crippen LogP contribution in [0.4, 0.5) is 17.1 Å². The van der Waals surface area contributed by atoms with Crippen molar-refractivity contribution in [3.8, 4) is 0 Å². The van der Waals surface area contributed by atoms with E-state index in [4.69, 9.17) is 25.2 Å². The minimum absolute atomic E-state index is 0. The van der Waals surface area contributed by atoms with E-state index in [1.54, 1.807) is 41.5 Å². The van der Waals surface area contributed by atoms with Crippen molar-refractivity contribution in [2.75, 3.05) is 61.8 Å². The van der Waals surface area contributed by atoms with E-state index >= 15 is 0 Å². The SMILES string of the molecule is CC(=O)C(C)CCCCCC(=O)O.CCCCC(C(=O)O)C1(C)C(C)=Nc2ccc(I)cc21.CCCCC(C(=O)O)C1(C)C(C)=[N+](CCCS(=O)(=O)[O-])c2ccc(I)cc21.CCOC(=O)C(C)C(C)=O.CCOC(=O)CCCCCBr.CCOC(=O)CCCCCC(C)(C(C)=O)C(=O)OCC.NNc1ccc(I)cc1.O=S1(=O)CCCO1.[Na+].[OH-]. The topological polar surface area (TPSA) is 452 Å². The Balaban J connectivity index is -0.000000656. The molecule has 7 atom stereocenters. The van der Waals surface area contributed by atoms with Gasteiger partial charge in [-0.25, -0.2) is 8.42 Å². The van der Waals surface area contributed by atoms with Crippen molar-refractivity contribution in [2.45, 2.75) is 263 Å². The number of rotatable bonds is 41. The number of carboxylic acids is 3. The fourth-order valence-electron chi connectivity index (χ4n) is 12.2. The molecule has 0 aliphatic carbocycles. The number of nitrogens with two attached hydrogens (primary N) is 1. The van der Waals surface area contributed by atoms with Gasteiger partial charge in [0.2, 0.25) is 5.69 Å². The number of carbonyl (C=O) groups is 10. The number of fused-ring (bicyclic) bond motifs is 2. The number of nitrogens with zero attached hydrogens (tertiary/aromatic N) is 2. The number of ether oxygens (including phenoxy) is 4. The third kappa shape index (κ3) is 47.4. The van der Waals surface area contributed by atoms with Gasteiger partial charge in [-0.15, -0.1) is 0 Å². The number of aliphatic carboxylic acids is 3. The number of anilines is 1. The Morgan fingerprint density at radius 2 is 1.13 bits per heavy atom. The second-order valence-electron chi connectivity index (χ2n) is 28.8. The van der Waals surface area contributed by atoms with Crippen molar-refractivity contribution in [3.05, 3.63) is 82.5 Å². The number of carbonyl (C=O) groups excluding carboxylic acids is 7. The number of ketones is 3. The zero-order valence-corrected chi connectivity index (χ0v) is 84.4. The van der Waals surface area contributed by atoms with Crippen molar-refractivity contribution < 1.29 is 147 Å². The van der Waals surface area contributed by atoms with Crippen LogP contribution in [0.15, 0.2) is 65.7 Å². The summed E-state index contributed by atoms with van der Waals surface area (Å²) in [5, 5.41) is 29.0. The van der Waals surface area contributed by atoms with Gasteiger partial charge in [-0.2, -0.15) is 13.0 Å². The maximum atomic E-state index is 12.1. The van der Waals surface area contributed by atoms with Crippen LogP contribution in [-0.4, -0.2) is 174 Å². The van der Waals surface area contributed by atoms with Gasteiger partial charge in [-0.1, -0.05) is 94.5 Å². The van der Waals surface area contributed by atoms with Gasteiger partial charge in [0.05, 0.1) is 71.8 Å². The molecule has 0 spiro atoms. The molecule has 0 saturated carbocycles. The fourth-order valence-corrected chi connectivity index (χ4v) is 15.4. The van der Waals surface area contributed by atoms with E-state index in [-0.39, 0.29) is 95.4 Å². The summed E-state index contributed by atoms with van der Waals surface area (Å²) >= 11 is 10.1. The summed E-state index contributed by atoms with van der Waals surface area (Å²) < 4.78 is 82.1. The summed E-state index contributed by atoms with van der Waals surface area (Å²) in [5.41, 5.74) is 6.92. The van der Waals surface area contributed by atoms with Crippen molar-refractivity contribution in [1.82, 2.24) is 0 Å². The molecule has 3 aliphatic rings. The van der Waals surface area contributed by atoms with Crippen molar-refractivity contribution in [3.63, 3.8) is 0 Å². The van der Waals surface area contributed by atoms with E-state index in [0.29, 0.717) is 84.3 Å². The van der Waals surface area contributed by atoms with Crippen LogP contribution in [0.1, 0.15) is 263 Å². The average Bonchev–Trinajstić information content (AvgIpc) is 1.58. The van der Waals surface area contributed by atoms with Crippen LogP contribution in [0, 0.1) is 39.8 Å². The standard InChI is InChI=1S/C19H26INO5S.C16H20INO2.C15H26O5.C10H18O3.C8H15BrO2.C7H12O3.C6H7IN2.C3H6O3S.Na.H2O/c1-4-5-7-15(18(22)23)19(3)13(2)21(10-6-11-27(24,25)26)17-9-8-14(20)12-16(17)19;1-4-5-6-12(15(19)20)16(3)10(2)18-14-8-7-11(17)9-13(14)16;1-5-19-13(17)10-8-7-9-11-15(4,12(3)16)14(18)20-6-2;1-8(9(2)11)6-4-3-5-7-10(12)13;1-2-11-8(10)6-4-3-5-7-9;1-4-10-7(9)5(2)6(3)8;7-5-1-3-6(9-8)4-2-5;4-7(5)3-1-2-6-7;;/h8-9,12,15H,4-7,10-11H2,1-3H3,(H-,22,23,24,25,26);7-9,12H,4-6H2,1-3H3,(H,19,20);5-11H2,1-4H3;8H,3-7H2,1-2H3,(H,12,13);2-7H2,1H3;5H,4H2,1-3H3;1-4,9H,8H2;1-3H2;;1H2/q;;;;;;;;+1;/p-1. The van der Waals surface area contributed by atoms with Crippen LogP contribution in [0.25, 0.3) is 0 Å². The number of hydrogen-bond donors (Lipinski definition) is 5. The second-order valence-corrected chi connectivity index (χ2v) is 36.6. The Labute approximate surface area is 778 Å². The normalized spacial score (nSPS) is 16.3. The van der Waals surface area contributed by atoms with E-state index in [1.165, 1.54) is 17.4 Å². The number of carboxylic acid groups (broad SMARTS) is 3.